The third-order valence-corrected chi connectivity index (χ3v) is 6.60. The lowest BCUT2D eigenvalue weighted by Crippen LogP contribution is -2.15. The van der Waals surface area contributed by atoms with Crippen LogP contribution in [0.2, 0.25) is 0 Å². The second-order valence-corrected chi connectivity index (χ2v) is 8.81. The van der Waals surface area contributed by atoms with Crippen molar-refractivity contribution in [2.75, 3.05) is 6.67 Å². The zero-order valence-corrected chi connectivity index (χ0v) is 18.3. The van der Waals surface area contributed by atoms with Crippen molar-refractivity contribution in [2.45, 2.75) is 64.2 Å². The molecule has 0 aromatic heterocycles. The highest BCUT2D eigenvalue weighted by atomic mass is 19.1. The summed E-state index contributed by atoms with van der Waals surface area (Å²) in [5, 5.41) is 8.87. The Kier molecular flexibility index (Phi) is 9.28. The minimum atomic E-state index is -0.465. The van der Waals surface area contributed by atoms with E-state index >= 15 is 0 Å². The molecule has 31 heavy (non-hydrogen) atoms. The monoisotopic (exact) mass is 421 g/mol. The number of allylic oxidation sites excluding steroid dienone is 2. The molecule has 0 aliphatic heterocycles. The SMILES string of the molecule is N#Cc1ccc(-c2ccc(CCC3CCC(CC/C=C/CCCF)CC3)cc2)cc1F. The third kappa shape index (κ3) is 7.31. The van der Waals surface area contributed by atoms with Crippen LogP contribution in [0, 0.1) is 29.0 Å². The van der Waals surface area contributed by atoms with Gasteiger partial charge >= 0.3 is 0 Å². The summed E-state index contributed by atoms with van der Waals surface area (Å²) < 4.78 is 25.9. The Morgan fingerprint density at radius 3 is 2.16 bits per heavy atom. The van der Waals surface area contributed by atoms with Gasteiger partial charge in [0, 0.05) is 0 Å². The number of alkyl halides is 1. The van der Waals surface area contributed by atoms with Crippen molar-refractivity contribution in [1.29, 1.82) is 5.26 Å². The van der Waals surface area contributed by atoms with Crippen LogP contribution in [0.1, 0.15) is 68.9 Å². The van der Waals surface area contributed by atoms with Crippen LogP contribution in [0.15, 0.2) is 54.6 Å². The Labute approximate surface area is 185 Å². The second-order valence-electron chi connectivity index (χ2n) is 8.81. The van der Waals surface area contributed by atoms with E-state index in [-0.39, 0.29) is 12.2 Å². The molecule has 0 unspecified atom stereocenters. The molecule has 0 radical (unpaired) electrons. The molecule has 1 aliphatic carbocycles. The molecule has 0 heterocycles. The number of benzene rings is 2. The molecule has 164 valence electrons. The normalized spacial score (nSPS) is 18.9. The fourth-order valence-electron chi connectivity index (χ4n) is 4.59. The maximum atomic E-state index is 13.9. The van der Waals surface area contributed by atoms with Gasteiger partial charge in [-0.3, -0.25) is 4.39 Å². The van der Waals surface area contributed by atoms with Crippen molar-refractivity contribution < 1.29 is 8.78 Å². The van der Waals surface area contributed by atoms with E-state index in [1.54, 1.807) is 6.07 Å². The molecule has 0 bridgehead atoms. The van der Waals surface area contributed by atoms with Crippen LogP contribution in [0.4, 0.5) is 8.78 Å². The van der Waals surface area contributed by atoms with Crippen LogP contribution in [0.5, 0.6) is 0 Å². The van der Waals surface area contributed by atoms with Crippen molar-refractivity contribution in [2.24, 2.45) is 11.8 Å². The largest absolute Gasteiger partial charge is 0.251 e. The molecule has 1 nitrogen and oxygen atoms in total. The molecule has 2 aromatic carbocycles. The Balaban J connectivity index is 1.39. The first-order valence-electron chi connectivity index (χ1n) is 11.7. The zero-order valence-electron chi connectivity index (χ0n) is 18.3. The number of aryl methyl sites for hydroxylation is 1. The fourth-order valence-corrected chi connectivity index (χ4v) is 4.59. The summed E-state index contributed by atoms with van der Waals surface area (Å²) in [6, 6.07) is 15.0. The van der Waals surface area contributed by atoms with Gasteiger partial charge in [-0.05, 0) is 79.2 Å². The summed E-state index contributed by atoms with van der Waals surface area (Å²) in [6.45, 7) is -0.213. The van der Waals surface area contributed by atoms with Crippen LogP contribution in [-0.4, -0.2) is 6.67 Å². The van der Waals surface area contributed by atoms with Gasteiger partial charge in [-0.25, -0.2) is 4.39 Å². The lowest BCUT2D eigenvalue weighted by Gasteiger charge is -2.28. The van der Waals surface area contributed by atoms with Crippen molar-refractivity contribution in [3.63, 3.8) is 0 Å². The maximum absolute atomic E-state index is 13.9. The summed E-state index contributed by atoms with van der Waals surface area (Å²) in [7, 11) is 0. The van der Waals surface area contributed by atoms with Gasteiger partial charge in [0.15, 0.2) is 0 Å². The molecule has 1 fully saturated rings. The predicted octanol–water partition coefficient (Wildman–Crippen LogP) is 8.19. The van der Waals surface area contributed by atoms with Crippen LogP contribution in [0.25, 0.3) is 11.1 Å². The van der Waals surface area contributed by atoms with Gasteiger partial charge in [-0.1, -0.05) is 68.2 Å². The highest BCUT2D eigenvalue weighted by Crippen LogP contribution is 2.34. The minimum Gasteiger partial charge on any atom is -0.251 e. The van der Waals surface area contributed by atoms with Crippen molar-refractivity contribution >= 4 is 0 Å². The van der Waals surface area contributed by atoms with E-state index in [1.165, 1.54) is 56.2 Å². The number of rotatable bonds is 10. The average molecular weight is 422 g/mol. The lowest BCUT2D eigenvalue weighted by atomic mass is 9.78. The highest BCUT2D eigenvalue weighted by Gasteiger charge is 2.20. The Morgan fingerprint density at radius 1 is 0.871 bits per heavy atom. The van der Waals surface area contributed by atoms with E-state index in [0.717, 1.165) is 42.2 Å². The van der Waals surface area contributed by atoms with E-state index < -0.39 is 5.82 Å². The molecule has 2 aromatic rings. The Hall–Kier alpha value is -2.47. The Morgan fingerprint density at radius 2 is 1.52 bits per heavy atom. The molecule has 0 atom stereocenters. The second kappa shape index (κ2) is 12.4. The number of halogens is 2. The number of hydrogen-bond donors (Lipinski definition) is 0. The Bertz CT molecular complexity index is 871. The van der Waals surface area contributed by atoms with Crippen molar-refractivity contribution in [3.8, 4) is 17.2 Å². The van der Waals surface area contributed by atoms with Crippen LogP contribution in [-0.2, 0) is 6.42 Å². The van der Waals surface area contributed by atoms with Gasteiger partial charge in [0.2, 0.25) is 0 Å². The molecule has 0 N–H and O–H groups in total. The zero-order chi connectivity index (χ0) is 21.9. The topological polar surface area (TPSA) is 23.8 Å². The minimum absolute atomic E-state index is 0.0835. The number of nitriles is 1. The summed E-state index contributed by atoms with van der Waals surface area (Å²) in [5.41, 5.74) is 3.20. The summed E-state index contributed by atoms with van der Waals surface area (Å²) in [4.78, 5) is 0. The van der Waals surface area contributed by atoms with Gasteiger partial charge in [0.25, 0.3) is 0 Å². The van der Waals surface area contributed by atoms with Gasteiger partial charge in [0.05, 0.1) is 12.2 Å². The molecular weight excluding hydrogens is 388 g/mol. The summed E-state index contributed by atoms with van der Waals surface area (Å²) in [6.07, 6.45) is 16.0. The van der Waals surface area contributed by atoms with E-state index in [0.29, 0.717) is 6.42 Å². The quantitative estimate of drug-likeness (QED) is 0.280. The third-order valence-electron chi connectivity index (χ3n) is 6.60. The summed E-state index contributed by atoms with van der Waals surface area (Å²) in [5.74, 6) is 1.21. The molecule has 0 spiro atoms. The first-order chi connectivity index (χ1) is 15.2. The van der Waals surface area contributed by atoms with Crippen LogP contribution in [0.3, 0.4) is 0 Å². The van der Waals surface area contributed by atoms with Gasteiger partial charge < -0.3 is 0 Å². The molecule has 3 heteroatoms. The first kappa shape index (κ1) is 23.2. The molecular formula is C28H33F2N. The standard InChI is InChI=1S/C28H33F2N/c29-19-5-3-1-2-4-6-22-7-9-23(10-8-22)11-12-24-13-15-25(16-14-24)26-17-18-27(21-31)28(30)20-26/h1-2,13-18,20,22-23H,3-12,19H2/b2-1+. The van der Waals surface area contributed by atoms with Gasteiger partial charge in [-0.15, -0.1) is 0 Å². The van der Waals surface area contributed by atoms with Gasteiger partial charge in [0.1, 0.15) is 11.9 Å². The molecule has 1 aliphatic rings. The van der Waals surface area contributed by atoms with E-state index in [2.05, 4.69) is 24.3 Å². The van der Waals surface area contributed by atoms with Crippen molar-refractivity contribution in [3.05, 3.63) is 71.6 Å². The highest BCUT2D eigenvalue weighted by molar-refractivity contribution is 5.64. The molecule has 0 amide bonds. The van der Waals surface area contributed by atoms with Crippen LogP contribution >= 0.6 is 0 Å². The lowest BCUT2D eigenvalue weighted by molar-refractivity contribution is 0.254. The predicted molar refractivity (Wildman–Crippen MR) is 124 cm³/mol. The van der Waals surface area contributed by atoms with E-state index in [1.807, 2.05) is 18.2 Å². The molecule has 0 saturated heterocycles. The molecule has 1 saturated carbocycles. The average Bonchev–Trinajstić information content (AvgIpc) is 2.81. The van der Waals surface area contributed by atoms with Crippen LogP contribution < -0.4 is 0 Å². The molecule has 3 rings (SSSR count). The first-order valence-corrected chi connectivity index (χ1v) is 11.7. The fraction of sp³-hybridized carbons (Fsp3) is 0.464. The van der Waals surface area contributed by atoms with Crippen molar-refractivity contribution in [1.82, 2.24) is 0 Å². The summed E-state index contributed by atoms with van der Waals surface area (Å²) >= 11 is 0. The van der Waals surface area contributed by atoms with E-state index in [9.17, 15) is 8.78 Å². The number of hydrogen-bond acceptors (Lipinski definition) is 1. The number of nitrogens with zero attached hydrogens (tertiary/aromatic N) is 1. The van der Waals surface area contributed by atoms with E-state index in [4.69, 9.17) is 5.26 Å². The number of unbranched alkanes of at least 4 members (excludes halogenated alkanes) is 1. The van der Waals surface area contributed by atoms with Gasteiger partial charge in [-0.2, -0.15) is 5.26 Å². The maximum Gasteiger partial charge on any atom is 0.141 e. The smallest absolute Gasteiger partial charge is 0.141 e.